The van der Waals surface area contributed by atoms with Crippen LogP contribution in [0.1, 0.15) is 16.8 Å². The second-order valence-electron chi connectivity index (χ2n) is 3.73. The van der Waals surface area contributed by atoms with Gasteiger partial charge < -0.3 is 15.8 Å². The van der Waals surface area contributed by atoms with E-state index in [1.54, 1.807) is 0 Å². The fourth-order valence-corrected chi connectivity index (χ4v) is 1.33. The van der Waals surface area contributed by atoms with Crippen LogP contribution in [0.15, 0.2) is 23.4 Å². The zero-order chi connectivity index (χ0) is 13.7. The van der Waals surface area contributed by atoms with Crippen molar-refractivity contribution in [3.63, 3.8) is 0 Å². The maximum absolute atomic E-state index is 12.9. The van der Waals surface area contributed by atoms with E-state index in [1.165, 1.54) is 11.9 Å². The molecule has 98 valence electrons. The van der Waals surface area contributed by atoms with Gasteiger partial charge in [-0.15, -0.1) is 0 Å². The highest BCUT2D eigenvalue weighted by Gasteiger charge is 2.14. The quantitative estimate of drug-likeness (QED) is 0.368. The van der Waals surface area contributed by atoms with Crippen molar-refractivity contribution >= 4 is 11.7 Å². The molecule has 1 aromatic carbocycles. The molecule has 0 radical (unpaired) electrons. The minimum Gasteiger partial charge on any atom is -0.409 e. The van der Waals surface area contributed by atoms with Gasteiger partial charge in [-0.2, -0.15) is 0 Å². The molecule has 1 amide bonds. The van der Waals surface area contributed by atoms with Crippen LogP contribution in [-0.2, 0) is 0 Å². The van der Waals surface area contributed by atoms with Gasteiger partial charge in [-0.1, -0.05) is 5.16 Å². The van der Waals surface area contributed by atoms with Gasteiger partial charge in [0.05, 0.1) is 0 Å². The summed E-state index contributed by atoms with van der Waals surface area (Å²) in [4.78, 5) is 13.0. The lowest BCUT2D eigenvalue weighted by Gasteiger charge is -2.16. The number of amidine groups is 1. The largest absolute Gasteiger partial charge is 0.409 e. The Morgan fingerprint density at radius 1 is 1.39 bits per heavy atom. The molecule has 0 atom stereocenters. The molecule has 0 spiro atoms. The lowest BCUT2D eigenvalue weighted by atomic mass is 10.2. The Kier molecular flexibility index (Phi) is 4.59. The van der Waals surface area contributed by atoms with Crippen LogP contribution in [0, 0.1) is 11.6 Å². The number of amides is 1. The van der Waals surface area contributed by atoms with Crippen molar-refractivity contribution < 1.29 is 18.8 Å². The first-order valence-electron chi connectivity index (χ1n) is 5.12. The van der Waals surface area contributed by atoms with Crippen molar-refractivity contribution in [1.29, 1.82) is 0 Å². The van der Waals surface area contributed by atoms with Crippen LogP contribution < -0.4 is 5.73 Å². The third-order valence-corrected chi connectivity index (χ3v) is 2.29. The van der Waals surface area contributed by atoms with Crippen LogP contribution in [-0.4, -0.2) is 35.4 Å². The van der Waals surface area contributed by atoms with Crippen molar-refractivity contribution in [1.82, 2.24) is 4.90 Å². The number of nitrogens with two attached hydrogens (primary N) is 1. The van der Waals surface area contributed by atoms with E-state index in [0.29, 0.717) is 6.07 Å². The second kappa shape index (κ2) is 5.95. The van der Waals surface area contributed by atoms with Gasteiger partial charge in [-0.25, -0.2) is 8.78 Å². The van der Waals surface area contributed by atoms with E-state index in [4.69, 9.17) is 10.9 Å². The third kappa shape index (κ3) is 3.69. The highest BCUT2D eigenvalue weighted by Crippen LogP contribution is 2.10. The van der Waals surface area contributed by atoms with E-state index in [2.05, 4.69) is 5.16 Å². The summed E-state index contributed by atoms with van der Waals surface area (Å²) in [7, 11) is 1.45. The van der Waals surface area contributed by atoms with E-state index < -0.39 is 17.5 Å². The molecule has 1 rings (SSSR count). The number of carbonyl (C=O) groups excluding carboxylic acids is 1. The van der Waals surface area contributed by atoms with E-state index in [9.17, 15) is 13.6 Å². The number of oxime groups is 1. The fourth-order valence-electron chi connectivity index (χ4n) is 1.33. The summed E-state index contributed by atoms with van der Waals surface area (Å²) < 4.78 is 25.9. The maximum atomic E-state index is 12.9. The Morgan fingerprint density at radius 3 is 2.44 bits per heavy atom. The number of halogens is 2. The van der Waals surface area contributed by atoms with Crippen LogP contribution in [0.25, 0.3) is 0 Å². The molecule has 0 aliphatic rings. The van der Waals surface area contributed by atoms with Gasteiger partial charge in [0.1, 0.15) is 17.5 Å². The Morgan fingerprint density at radius 2 is 1.94 bits per heavy atom. The number of hydrogen-bond acceptors (Lipinski definition) is 3. The second-order valence-corrected chi connectivity index (χ2v) is 3.73. The molecule has 1 aromatic rings. The summed E-state index contributed by atoms with van der Waals surface area (Å²) in [5, 5.41) is 11.1. The highest BCUT2D eigenvalue weighted by molar-refractivity contribution is 5.94. The highest BCUT2D eigenvalue weighted by atomic mass is 19.1. The fraction of sp³-hybridized carbons (Fsp3) is 0.273. The van der Waals surface area contributed by atoms with Gasteiger partial charge in [0, 0.05) is 31.6 Å². The SMILES string of the molecule is CN(CC/C(N)=N/O)C(=O)c1cc(F)cc(F)c1. The summed E-state index contributed by atoms with van der Waals surface area (Å²) in [6.45, 7) is 0.173. The Balaban J connectivity index is 2.74. The smallest absolute Gasteiger partial charge is 0.253 e. The molecular weight excluding hydrogens is 244 g/mol. The summed E-state index contributed by atoms with van der Waals surface area (Å²) in [6, 6.07) is 2.59. The van der Waals surface area contributed by atoms with Crippen molar-refractivity contribution in [2.24, 2.45) is 10.9 Å². The molecule has 0 aliphatic carbocycles. The molecule has 0 saturated carbocycles. The molecule has 0 aromatic heterocycles. The molecule has 0 aliphatic heterocycles. The van der Waals surface area contributed by atoms with E-state index >= 15 is 0 Å². The van der Waals surface area contributed by atoms with Crippen LogP contribution in [0.3, 0.4) is 0 Å². The number of hydrogen-bond donors (Lipinski definition) is 2. The van der Waals surface area contributed by atoms with E-state index in [0.717, 1.165) is 12.1 Å². The minimum atomic E-state index is -0.816. The predicted octanol–water partition coefficient (Wildman–Crippen LogP) is 1.17. The summed E-state index contributed by atoms with van der Waals surface area (Å²) >= 11 is 0. The van der Waals surface area contributed by atoms with Gasteiger partial charge in [-0.05, 0) is 12.1 Å². The van der Waals surface area contributed by atoms with Crippen molar-refractivity contribution in [2.75, 3.05) is 13.6 Å². The standard InChI is InChI=1S/C11H13F2N3O2/c1-16(3-2-10(14)15-18)11(17)7-4-8(12)6-9(13)5-7/h4-6,18H,2-3H2,1H3,(H2,14,15). The molecule has 5 nitrogen and oxygen atoms in total. The Hall–Kier alpha value is -2.18. The topological polar surface area (TPSA) is 78.9 Å². The molecule has 3 N–H and O–H groups in total. The molecule has 0 fully saturated rings. The van der Waals surface area contributed by atoms with Gasteiger partial charge >= 0.3 is 0 Å². The van der Waals surface area contributed by atoms with E-state index in [-0.39, 0.29) is 24.4 Å². The van der Waals surface area contributed by atoms with Gasteiger partial charge in [-0.3, -0.25) is 4.79 Å². The predicted molar refractivity (Wildman–Crippen MR) is 61.3 cm³/mol. The average molecular weight is 257 g/mol. The monoisotopic (exact) mass is 257 g/mol. The summed E-state index contributed by atoms with van der Waals surface area (Å²) in [5.74, 6) is -2.20. The lowest BCUT2D eigenvalue weighted by Crippen LogP contribution is -2.30. The first-order chi connectivity index (χ1) is 8.43. The molecular formula is C11H13F2N3O2. The molecule has 0 bridgehead atoms. The first kappa shape index (κ1) is 13.9. The summed E-state index contributed by atoms with van der Waals surface area (Å²) in [5.41, 5.74) is 5.16. The van der Waals surface area contributed by atoms with Gasteiger partial charge in [0.2, 0.25) is 0 Å². The van der Waals surface area contributed by atoms with Gasteiger partial charge in [0.25, 0.3) is 5.91 Å². The first-order valence-corrected chi connectivity index (χ1v) is 5.12. The molecule has 7 heteroatoms. The number of carbonyl (C=O) groups is 1. The molecule has 0 unspecified atom stereocenters. The Bertz CT molecular complexity index is 457. The zero-order valence-corrected chi connectivity index (χ0v) is 9.73. The number of benzene rings is 1. The zero-order valence-electron chi connectivity index (χ0n) is 9.73. The minimum absolute atomic E-state index is 0.0277. The van der Waals surface area contributed by atoms with Gasteiger partial charge in [0.15, 0.2) is 0 Å². The Labute approximate surface area is 102 Å². The van der Waals surface area contributed by atoms with Crippen LogP contribution >= 0.6 is 0 Å². The number of nitrogens with zero attached hydrogens (tertiary/aromatic N) is 2. The average Bonchev–Trinajstić information content (AvgIpc) is 2.33. The molecule has 0 heterocycles. The maximum Gasteiger partial charge on any atom is 0.253 e. The van der Waals surface area contributed by atoms with Crippen molar-refractivity contribution in [2.45, 2.75) is 6.42 Å². The molecule has 18 heavy (non-hydrogen) atoms. The van der Waals surface area contributed by atoms with Crippen LogP contribution in [0.2, 0.25) is 0 Å². The van der Waals surface area contributed by atoms with Crippen LogP contribution in [0.4, 0.5) is 8.78 Å². The third-order valence-electron chi connectivity index (χ3n) is 2.29. The lowest BCUT2D eigenvalue weighted by molar-refractivity contribution is 0.0797. The molecule has 0 saturated heterocycles. The number of rotatable bonds is 4. The van der Waals surface area contributed by atoms with Crippen molar-refractivity contribution in [3.8, 4) is 0 Å². The normalized spacial score (nSPS) is 11.4. The summed E-state index contributed by atoms with van der Waals surface area (Å²) in [6.07, 6.45) is 0.163. The van der Waals surface area contributed by atoms with E-state index in [1.807, 2.05) is 0 Å². The van der Waals surface area contributed by atoms with Crippen LogP contribution in [0.5, 0.6) is 0 Å². The van der Waals surface area contributed by atoms with Crippen molar-refractivity contribution in [3.05, 3.63) is 35.4 Å².